The molecule has 1 saturated heterocycles. The Morgan fingerprint density at radius 1 is 1.19 bits per heavy atom. The van der Waals surface area contributed by atoms with Crippen molar-refractivity contribution in [3.63, 3.8) is 0 Å². The minimum atomic E-state index is -3.79. The van der Waals surface area contributed by atoms with E-state index in [9.17, 15) is 13.2 Å². The Balaban J connectivity index is 2.23. The summed E-state index contributed by atoms with van der Waals surface area (Å²) in [4.78, 5) is 12.0. The number of hydrogen-bond acceptors (Lipinski definition) is 4. The van der Waals surface area contributed by atoms with Crippen LogP contribution >= 0.6 is 10.3 Å². The summed E-state index contributed by atoms with van der Waals surface area (Å²) in [5.41, 5.74) is 0.998. The maximum absolute atomic E-state index is 12.5. The molecule has 1 heterocycles. The lowest BCUT2D eigenvalue weighted by molar-refractivity contribution is -0.116. The summed E-state index contributed by atoms with van der Waals surface area (Å²) in [7, 11) is -5.61. The lowest BCUT2D eigenvalue weighted by Crippen LogP contribution is -2.21. The highest BCUT2D eigenvalue weighted by molar-refractivity contribution is 8.33. The Morgan fingerprint density at radius 2 is 1.76 bits per heavy atom. The molecular formula is C15H22O4S2. The van der Waals surface area contributed by atoms with Gasteiger partial charge in [0.1, 0.15) is 5.78 Å². The zero-order valence-corrected chi connectivity index (χ0v) is 14.1. The van der Waals surface area contributed by atoms with Gasteiger partial charge in [0.15, 0.2) is 0 Å². The van der Waals surface area contributed by atoms with E-state index in [1.165, 1.54) is 0 Å². The van der Waals surface area contributed by atoms with Crippen molar-refractivity contribution < 1.29 is 16.8 Å². The highest BCUT2D eigenvalue weighted by atomic mass is 32.3. The minimum absolute atomic E-state index is 0.0889. The van der Waals surface area contributed by atoms with E-state index in [1.807, 2.05) is 6.92 Å². The van der Waals surface area contributed by atoms with E-state index in [0.29, 0.717) is 17.9 Å². The van der Waals surface area contributed by atoms with Gasteiger partial charge in [-0.1, -0.05) is 24.6 Å². The molecule has 1 aromatic rings. The molecule has 2 rings (SSSR count). The number of carbonyl (C=O) groups is 1. The molecule has 0 unspecified atom stereocenters. The van der Waals surface area contributed by atoms with E-state index in [1.54, 1.807) is 31.2 Å². The standard InChI is InChI=1S/C15H22O4S2/c1-3-14(16)12-20(10-4-5-11-20)19-21(17,18)15-8-6-13(2)7-9-15/h6-9H,3-5,10-12H2,1-2H3. The fourth-order valence-corrected chi connectivity index (χ4v) is 8.18. The number of ketones is 1. The van der Waals surface area contributed by atoms with Crippen molar-refractivity contribution in [2.75, 3.05) is 17.3 Å². The van der Waals surface area contributed by atoms with E-state index in [0.717, 1.165) is 18.4 Å². The average Bonchev–Trinajstić information content (AvgIpc) is 2.86. The number of benzene rings is 1. The van der Waals surface area contributed by atoms with Gasteiger partial charge in [-0.3, -0.25) is 4.79 Å². The average molecular weight is 330 g/mol. The first-order valence-corrected chi connectivity index (χ1v) is 10.7. The predicted octanol–water partition coefficient (Wildman–Crippen LogP) is 3.19. The maximum atomic E-state index is 12.5. The van der Waals surface area contributed by atoms with Gasteiger partial charge in [-0.25, -0.2) is 3.63 Å². The number of carbonyl (C=O) groups excluding carboxylic acids is 1. The lowest BCUT2D eigenvalue weighted by atomic mass is 10.2. The van der Waals surface area contributed by atoms with Gasteiger partial charge in [-0.05, 0) is 31.9 Å². The molecule has 0 N–H and O–H groups in total. The molecule has 0 radical (unpaired) electrons. The molecule has 0 atom stereocenters. The summed E-state index contributed by atoms with van der Waals surface area (Å²) in [6.45, 7) is 3.71. The first-order chi connectivity index (χ1) is 9.87. The molecule has 21 heavy (non-hydrogen) atoms. The molecule has 1 aliphatic rings. The molecule has 0 aliphatic carbocycles. The van der Waals surface area contributed by atoms with Gasteiger partial charge in [0.05, 0.1) is 10.6 Å². The van der Waals surface area contributed by atoms with Crippen molar-refractivity contribution in [2.24, 2.45) is 0 Å². The van der Waals surface area contributed by atoms with Crippen LogP contribution in [0.3, 0.4) is 0 Å². The van der Waals surface area contributed by atoms with Crippen LogP contribution in [-0.4, -0.2) is 31.5 Å². The smallest absolute Gasteiger partial charge is 0.299 e. The molecule has 4 nitrogen and oxygen atoms in total. The Hall–Kier alpha value is -0.850. The summed E-state index contributed by atoms with van der Waals surface area (Å²) in [5, 5.41) is 0. The maximum Gasteiger partial charge on any atom is 0.306 e. The van der Waals surface area contributed by atoms with Crippen LogP contribution in [-0.2, 0) is 18.5 Å². The van der Waals surface area contributed by atoms with Crippen molar-refractivity contribution in [2.45, 2.75) is 38.0 Å². The van der Waals surface area contributed by atoms with Crippen LogP contribution in [0.1, 0.15) is 31.7 Å². The molecule has 1 fully saturated rings. The second kappa shape index (κ2) is 6.50. The van der Waals surface area contributed by atoms with Crippen molar-refractivity contribution >= 4 is 26.2 Å². The van der Waals surface area contributed by atoms with E-state index in [2.05, 4.69) is 0 Å². The molecule has 0 amide bonds. The summed E-state index contributed by atoms with van der Waals surface area (Å²) < 4.78 is 30.5. The number of aryl methyl sites for hydroxylation is 1. The Kier molecular flexibility index (Phi) is 5.11. The van der Waals surface area contributed by atoms with Crippen molar-refractivity contribution in [3.05, 3.63) is 29.8 Å². The second-order valence-electron chi connectivity index (χ2n) is 5.45. The fraction of sp³-hybridized carbons (Fsp3) is 0.533. The normalized spacial score (nSPS) is 19.3. The summed E-state index contributed by atoms with van der Waals surface area (Å²) >= 11 is 0. The first kappa shape index (κ1) is 16.5. The number of rotatable bonds is 6. The lowest BCUT2D eigenvalue weighted by Gasteiger charge is -2.33. The van der Waals surface area contributed by atoms with Gasteiger partial charge >= 0.3 is 10.1 Å². The molecule has 1 aliphatic heterocycles. The quantitative estimate of drug-likeness (QED) is 0.803. The van der Waals surface area contributed by atoms with E-state index in [-0.39, 0.29) is 16.4 Å². The molecule has 6 heteroatoms. The largest absolute Gasteiger partial charge is 0.306 e. The van der Waals surface area contributed by atoms with Gasteiger partial charge in [0, 0.05) is 17.9 Å². The number of Topliss-reactive ketones (excluding diaryl/α,β-unsaturated/α-hetero) is 1. The summed E-state index contributed by atoms with van der Waals surface area (Å²) in [6.07, 6.45) is 2.31. The van der Waals surface area contributed by atoms with Crippen molar-refractivity contribution in [1.29, 1.82) is 0 Å². The van der Waals surface area contributed by atoms with Gasteiger partial charge in [-0.15, -0.1) is 10.3 Å². The highest BCUT2D eigenvalue weighted by Crippen LogP contribution is 2.56. The third-order valence-corrected chi connectivity index (χ3v) is 9.28. The van der Waals surface area contributed by atoms with Crippen LogP contribution in [0.5, 0.6) is 0 Å². The van der Waals surface area contributed by atoms with Gasteiger partial charge in [-0.2, -0.15) is 8.42 Å². The summed E-state index contributed by atoms with van der Waals surface area (Å²) in [6, 6.07) is 6.64. The summed E-state index contributed by atoms with van der Waals surface area (Å²) in [5.74, 6) is 1.79. The molecular weight excluding hydrogens is 308 g/mol. The van der Waals surface area contributed by atoms with Crippen LogP contribution in [0.25, 0.3) is 0 Å². The van der Waals surface area contributed by atoms with E-state index >= 15 is 0 Å². The fourth-order valence-electron chi connectivity index (χ4n) is 2.40. The Morgan fingerprint density at radius 3 is 2.29 bits per heavy atom. The third-order valence-electron chi connectivity index (χ3n) is 3.64. The molecule has 0 spiro atoms. The number of hydrogen-bond donors (Lipinski definition) is 0. The third kappa shape index (κ3) is 4.08. The molecule has 0 saturated carbocycles. The van der Waals surface area contributed by atoms with Crippen molar-refractivity contribution in [3.8, 4) is 0 Å². The van der Waals surface area contributed by atoms with Crippen LogP contribution in [0.15, 0.2) is 29.2 Å². The zero-order valence-electron chi connectivity index (χ0n) is 12.5. The van der Waals surface area contributed by atoms with E-state index < -0.39 is 20.4 Å². The molecule has 0 bridgehead atoms. The van der Waals surface area contributed by atoms with Gasteiger partial charge in [0.25, 0.3) is 0 Å². The highest BCUT2D eigenvalue weighted by Gasteiger charge is 2.36. The topological polar surface area (TPSA) is 60.4 Å². The monoisotopic (exact) mass is 330 g/mol. The van der Waals surface area contributed by atoms with Crippen LogP contribution in [0, 0.1) is 6.92 Å². The first-order valence-electron chi connectivity index (χ1n) is 7.18. The molecule has 0 aromatic heterocycles. The van der Waals surface area contributed by atoms with Gasteiger partial charge in [0.2, 0.25) is 0 Å². The molecule has 118 valence electrons. The Labute approximate surface area is 128 Å². The zero-order chi connectivity index (χ0) is 15.5. The van der Waals surface area contributed by atoms with Crippen LogP contribution in [0.2, 0.25) is 0 Å². The second-order valence-corrected chi connectivity index (χ2v) is 10.4. The Bertz CT molecular complexity index is 599. The van der Waals surface area contributed by atoms with E-state index in [4.69, 9.17) is 3.63 Å². The van der Waals surface area contributed by atoms with Crippen LogP contribution in [0.4, 0.5) is 0 Å². The van der Waals surface area contributed by atoms with Crippen molar-refractivity contribution in [1.82, 2.24) is 0 Å². The van der Waals surface area contributed by atoms with Gasteiger partial charge < -0.3 is 0 Å². The van der Waals surface area contributed by atoms with Crippen LogP contribution < -0.4 is 0 Å². The SMILES string of the molecule is CCC(=O)CS1(OS(=O)(=O)c2ccc(C)cc2)CCCC1. The predicted molar refractivity (Wildman–Crippen MR) is 86.2 cm³/mol. The minimum Gasteiger partial charge on any atom is -0.299 e. The molecule has 1 aromatic carbocycles.